The van der Waals surface area contributed by atoms with Crippen molar-refractivity contribution in [2.45, 2.75) is 37.1 Å². The number of nitrogens with zero attached hydrogens (tertiary/aromatic N) is 2. The highest BCUT2D eigenvalue weighted by Crippen LogP contribution is 2.48. The molecule has 0 bridgehead atoms. The van der Waals surface area contributed by atoms with Crippen LogP contribution in [-0.2, 0) is 22.3 Å². The van der Waals surface area contributed by atoms with Crippen LogP contribution in [0.1, 0.15) is 34.3 Å². The van der Waals surface area contributed by atoms with E-state index in [9.17, 15) is 0 Å². The van der Waals surface area contributed by atoms with Crippen molar-refractivity contribution in [2.24, 2.45) is 4.99 Å². The van der Waals surface area contributed by atoms with Crippen LogP contribution in [0.15, 0.2) is 89.7 Å². The van der Waals surface area contributed by atoms with Crippen molar-refractivity contribution in [2.75, 3.05) is 0 Å². The molecular formula is C27H21BN2O4. The summed E-state index contributed by atoms with van der Waals surface area (Å²) in [5.41, 5.74) is 5.13. The number of hydrogen-bond donors (Lipinski definition) is 0. The van der Waals surface area contributed by atoms with E-state index >= 15 is 0 Å². The van der Waals surface area contributed by atoms with Crippen LogP contribution >= 0.6 is 0 Å². The Morgan fingerprint density at radius 3 is 2.21 bits per heavy atom. The number of benzene rings is 3. The molecule has 0 unspecified atom stereocenters. The molecule has 1 saturated heterocycles. The van der Waals surface area contributed by atoms with Gasteiger partial charge < -0.3 is 18.8 Å². The van der Waals surface area contributed by atoms with E-state index in [0.29, 0.717) is 11.8 Å². The highest BCUT2D eigenvalue weighted by Gasteiger charge is 2.55. The number of ether oxygens (including phenoxy) is 2. The molecule has 34 heavy (non-hydrogen) atoms. The average Bonchev–Trinajstić information content (AvgIpc) is 3.64. The van der Waals surface area contributed by atoms with E-state index in [4.69, 9.17) is 23.8 Å². The van der Waals surface area contributed by atoms with Crippen molar-refractivity contribution >= 4 is 13.2 Å². The fourth-order valence-corrected chi connectivity index (χ4v) is 5.96. The quantitative estimate of drug-likeness (QED) is 0.545. The number of para-hydroxylation sites is 2. The van der Waals surface area contributed by atoms with Crippen LogP contribution < -0.4 is 9.31 Å². The summed E-state index contributed by atoms with van der Waals surface area (Å²) in [5, 5.41) is 0. The molecule has 2 aliphatic carbocycles. The van der Waals surface area contributed by atoms with Crippen LogP contribution in [-0.4, -0.2) is 30.2 Å². The van der Waals surface area contributed by atoms with E-state index in [2.05, 4.69) is 53.3 Å². The van der Waals surface area contributed by atoms with Crippen molar-refractivity contribution in [3.05, 3.63) is 107 Å². The summed E-state index contributed by atoms with van der Waals surface area (Å²) in [6, 6.07) is 24.8. The summed E-state index contributed by atoms with van der Waals surface area (Å²) in [7, 11) is -0.618. The van der Waals surface area contributed by atoms with Gasteiger partial charge in [-0.15, -0.1) is 0 Å². The zero-order chi connectivity index (χ0) is 22.2. The standard InChI is InChI=1S/C27H21BN2O4/c1-3-9-18-16(7-1)13-22-26(18)29-24(31-22)15-25-30(28-33-20-11-5-6-12-21(20)34-28)27-19-10-4-2-8-17(19)14-23(27)32-25/h1-12,15,22-23,26-27H,13-14H2/b25-15+/t22-,23-,26+,27+/m0/s1. The fourth-order valence-electron chi connectivity index (χ4n) is 5.96. The van der Waals surface area contributed by atoms with Gasteiger partial charge in [0, 0.05) is 12.8 Å². The molecule has 8 rings (SSSR count). The van der Waals surface area contributed by atoms with Crippen molar-refractivity contribution in [1.82, 2.24) is 4.81 Å². The molecule has 0 radical (unpaired) electrons. The van der Waals surface area contributed by atoms with E-state index in [0.717, 1.165) is 24.3 Å². The van der Waals surface area contributed by atoms with E-state index in [1.807, 2.05) is 30.3 Å². The van der Waals surface area contributed by atoms with Gasteiger partial charge in [-0.2, -0.15) is 0 Å². The van der Waals surface area contributed by atoms with Gasteiger partial charge in [0.25, 0.3) is 0 Å². The average molecular weight is 448 g/mol. The number of rotatable bonds is 2. The van der Waals surface area contributed by atoms with Crippen LogP contribution in [0.3, 0.4) is 0 Å². The first kappa shape index (κ1) is 18.5. The van der Waals surface area contributed by atoms with Crippen molar-refractivity contribution in [3.63, 3.8) is 0 Å². The topological polar surface area (TPSA) is 52.5 Å². The summed E-state index contributed by atoms with van der Waals surface area (Å²) < 4.78 is 25.3. The summed E-state index contributed by atoms with van der Waals surface area (Å²) >= 11 is 0. The smallest absolute Gasteiger partial charge is 0.504 e. The summed E-state index contributed by atoms with van der Waals surface area (Å²) in [5.74, 6) is 2.76. The van der Waals surface area contributed by atoms with Gasteiger partial charge in [-0.05, 0) is 34.4 Å². The van der Waals surface area contributed by atoms with Crippen LogP contribution in [0.4, 0.5) is 0 Å². The van der Waals surface area contributed by atoms with Crippen LogP contribution in [0, 0.1) is 0 Å². The molecule has 3 aromatic rings. The van der Waals surface area contributed by atoms with Gasteiger partial charge in [-0.3, -0.25) is 4.81 Å². The Balaban J connectivity index is 1.17. The molecule has 6 nitrogen and oxygen atoms in total. The van der Waals surface area contributed by atoms with E-state index < -0.39 is 7.25 Å². The Morgan fingerprint density at radius 1 is 0.765 bits per heavy atom. The third kappa shape index (κ3) is 2.61. The maximum Gasteiger partial charge on any atom is 0.741 e. The lowest BCUT2D eigenvalue weighted by Crippen LogP contribution is -2.45. The molecule has 3 heterocycles. The minimum absolute atomic E-state index is 0.00370. The Kier molecular flexibility index (Phi) is 3.72. The van der Waals surface area contributed by atoms with Crippen LogP contribution in [0.5, 0.6) is 11.5 Å². The Labute approximate surface area is 197 Å². The molecule has 0 N–H and O–H groups in total. The van der Waals surface area contributed by atoms with Gasteiger partial charge in [-0.25, -0.2) is 4.99 Å². The maximum atomic E-state index is 6.51. The molecule has 0 saturated carbocycles. The molecule has 5 aliphatic rings. The predicted molar refractivity (Wildman–Crippen MR) is 126 cm³/mol. The van der Waals surface area contributed by atoms with Gasteiger partial charge >= 0.3 is 7.25 Å². The largest absolute Gasteiger partial charge is 0.741 e. The lowest BCUT2D eigenvalue weighted by molar-refractivity contribution is 0.157. The van der Waals surface area contributed by atoms with E-state index in [1.54, 1.807) is 0 Å². The maximum absolute atomic E-state index is 6.51. The first-order valence-corrected chi connectivity index (χ1v) is 11.8. The highest BCUT2D eigenvalue weighted by molar-refractivity contribution is 6.45. The monoisotopic (exact) mass is 448 g/mol. The molecule has 1 fully saturated rings. The first-order chi connectivity index (χ1) is 16.8. The number of hydrogen-bond acceptors (Lipinski definition) is 6. The molecule has 0 aromatic heterocycles. The molecule has 3 aliphatic heterocycles. The summed E-state index contributed by atoms with van der Waals surface area (Å²) in [6.07, 6.45) is 3.67. The number of aliphatic imine (C=N–C) groups is 1. The van der Waals surface area contributed by atoms with Gasteiger partial charge in [0.05, 0.1) is 12.1 Å². The second-order valence-corrected chi connectivity index (χ2v) is 9.35. The van der Waals surface area contributed by atoms with E-state index in [-0.39, 0.29) is 24.3 Å². The number of fused-ring (bicyclic) bond motifs is 7. The lowest BCUT2D eigenvalue weighted by Gasteiger charge is -2.25. The van der Waals surface area contributed by atoms with Gasteiger partial charge in [-0.1, -0.05) is 60.7 Å². The minimum atomic E-state index is -0.618. The van der Waals surface area contributed by atoms with Gasteiger partial charge in [0.15, 0.2) is 5.88 Å². The molecule has 0 amide bonds. The molecule has 7 heteroatoms. The summed E-state index contributed by atoms with van der Waals surface area (Å²) in [6.45, 7) is 0. The SMILES string of the molecule is C(/C1=N[C@@H]2c3ccccc3C[C@@H]2O1)=C1\O[C@H]2Cc3ccccc3[C@H]2N1B1Oc2ccccc2O1. The minimum Gasteiger partial charge on any atom is -0.504 e. The molecular weight excluding hydrogens is 427 g/mol. The third-order valence-electron chi connectivity index (χ3n) is 7.44. The van der Waals surface area contributed by atoms with Crippen molar-refractivity contribution in [3.8, 4) is 11.5 Å². The van der Waals surface area contributed by atoms with Crippen molar-refractivity contribution in [1.29, 1.82) is 0 Å². The van der Waals surface area contributed by atoms with E-state index in [1.165, 1.54) is 22.3 Å². The Bertz CT molecular complexity index is 1360. The fraction of sp³-hybridized carbons (Fsp3) is 0.222. The molecule has 4 atom stereocenters. The lowest BCUT2D eigenvalue weighted by atomic mass is 9.97. The highest BCUT2D eigenvalue weighted by atomic mass is 16.7. The summed E-state index contributed by atoms with van der Waals surface area (Å²) in [4.78, 5) is 7.03. The van der Waals surface area contributed by atoms with Crippen LogP contribution in [0.2, 0.25) is 0 Å². The Hall–Kier alpha value is -3.87. The van der Waals surface area contributed by atoms with Gasteiger partial charge in [0.2, 0.25) is 5.90 Å². The zero-order valence-electron chi connectivity index (χ0n) is 18.3. The van der Waals surface area contributed by atoms with Crippen LogP contribution in [0.25, 0.3) is 0 Å². The normalized spacial score (nSPS) is 28.2. The first-order valence-electron chi connectivity index (χ1n) is 11.8. The second kappa shape index (κ2) is 6.82. The Morgan fingerprint density at radius 2 is 1.41 bits per heavy atom. The van der Waals surface area contributed by atoms with Gasteiger partial charge in [0.1, 0.15) is 29.7 Å². The third-order valence-corrected chi connectivity index (χ3v) is 7.44. The predicted octanol–water partition coefficient (Wildman–Crippen LogP) is 4.38. The molecule has 0 spiro atoms. The molecule has 166 valence electrons. The molecule has 3 aromatic carbocycles. The second-order valence-electron chi connectivity index (χ2n) is 9.35. The zero-order valence-corrected chi connectivity index (χ0v) is 18.3. The van der Waals surface area contributed by atoms with Crippen molar-refractivity contribution < 1.29 is 18.8 Å².